The second-order valence-corrected chi connectivity index (χ2v) is 5.24. The van der Waals surface area contributed by atoms with Crippen molar-refractivity contribution >= 4 is 11.6 Å². The Kier molecular flexibility index (Phi) is 6.45. The van der Waals surface area contributed by atoms with Crippen molar-refractivity contribution < 1.29 is 9.18 Å². The van der Waals surface area contributed by atoms with Crippen LogP contribution in [-0.2, 0) is 11.3 Å². The van der Waals surface area contributed by atoms with Crippen LogP contribution in [0.2, 0.25) is 0 Å². The lowest BCUT2D eigenvalue weighted by Gasteiger charge is -2.25. The molecular weight excluding hydrogens is 257 g/mol. The highest BCUT2D eigenvalue weighted by Gasteiger charge is 2.15. The van der Waals surface area contributed by atoms with Crippen LogP contribution in [0.5, 0.6) is 0 Å². The maximum Gasteiger partial charge on any atom is 0.236 e. The van der Waals surface area contributed by atoms with Crippen LogP contribution in [0.3, 0.4) is 0 Å². The summed E-state index contributed by atoms with van der Waals surface area (Å²) in [5.74, 6) is -0.183. The Morgan fingerprint density at radius 2 is 2.15 bits per heavy atom. The normalized spacial score (nSPS) is 10.8. The van der Waals surface area contributed by atoms with Gasteiger partial charge in [-0.3, -0.25) is 4.79 Å². The van der Waals surface area contributed by atoms with Crippen molar-refractivity contribution in [2.24, 2.45) is 11.7 Å². The second kappa shape index (κ2) is 7.85. The van der Waals surface area contributed by atoms with E-state index in [1.807, 2.05) is 13.0 Å². The van der Waals surface area contributed by atoms with E-state index in [1.165, 1.54) is 6.07 Å². The molecular formula is C15H24FN3O. The number of primary amides is 1. The first-order valence-electron chi connectivity index (χ1n) is 6.97. The summed E-state index contributed by atoms with van der Waals surface area (Å²) in [5.41, 5.74) is 6.55. The Bertz CT molecular complexity index is 449. The fourth-order valence-electron chi connectivity index (χ4n) is 2.06. The van der Waals surface area contributed by atoms with Crippen molar-refractivity contribution in [2.45, 2.75) is 27.3 Å². The van der Waals surface area contributed by atoms with Gasteiger partial charge in [-0.2, -0.15) is 0 Å². The number of hydrogen-bond donors (Lipinski definition) is 2. The zero-order valence-electron chi connectivity index (χ0n) is 12.4. The molecule has 4 nitrogen and oxygen atoms in total. The Hall–Kier alpha value is -1.62. The van der Waals surface area contributed by atoms with Crippen LogP contribution in [0, 0.1) is 11.7 Å². The summed E-state index contributed by atoms with van der Waals surface area (Å²) in [6, 6.07) is 4.91. The Labute approximate surface area is 120 Å². The molecule has 1 aromatic rings. The number of nitrogens with zero attached hydrogens (tertiary/aromatic N) is 1. The van der Waals surface area contributed by atoms with E-state index in [0.29, 0.717) is 24.6 Å². The van der Waals surface area contributed by atoms with Crippen LogP contribution in [0.1, 0.15) is 26.3 Å². The molecule has 0 fully saturated rings. The fourth-order valence-corrected chi connectivity index (χ4v) is 2.06. The quantitative estimate of drug-likeness (QED) is 0.765. The van der Waals surface area contributed by atoms with Gasteiger partial charge in [0.1, 0.15) is 5.82 Å². The summed E-state index contributed by atoms with van der Waals surface area (Å²) < 4.78 is 14.0. The van der Waals surface area contributed by atoms with Crippen LogP contribution in [0.15, 0.2) is 18.2 Å². The van der Waals surface area contributed by atoms with Gasteiger partial charge in [0, 0.05) is 24.3 Å². The van der Waals surface area contributed by atoms with Crippen LogP contribution in [0.25, 0.3) is 0 Å². The van der Waals surface area contributed by atoms with Crippen molar-refractivity contribution in [3.05, 3.63) is 29.6 Å². The van der Waals surface area contributed by atoms with E-state index in [-0.39, 0.29) is 12.4 Å². The minimum atomic E-state index is -0.419. The first-order chi connectivity index (χ1) is 9.45. The maximum atomic E-state index is 14.0. The fraction of sp³-hybridized carbons (Fsp3) is 0.533. The molecule has 0 aromatic heterocycles. The molecule has 0 aliphatic heterocycles. The molecule has 112 valence electrons. The number of halogens is 1. The number of hydrogen-bond acceptors (Lipinski definition) is 3. The number of carbonyl (C=O) groups excluding carboxylic acids is 1. The highest BCUT2D eigenvalue weighted by molar-refractivity contribution is 5.80. The summed E-state index contributed by atoms with van der Waals surface area (Å²) in [5, 5.41) is 3.23. The minimum absolute atomic E-state index is 0.0944. The molecule has 1 rings (SSSR count). The van der Waals surface area contributed by atoms with Gasteiger partial charge < -0.3 is 16.0 Å². The monoisotopic (exact) mass is 281 g/mol. The van der Waals surface area contributed by atoms with Gasteiger partial charge in [0.15, 0.2) is 0 Å². The van der Waals surface area contributed by atoms with Crippen molar-refractivity contribution in [1.82, 2.24) is 5.32 Å². The molecule has 0 radical (unpaired) electrons. The standard InChI is InChI=1S/C15H24FN3O/c1-4-19(10-15(17)20)14-7-5-6-13(16)12(14)9-18-8-11(2)3/h5-7,11,18H,4,8-10H2,1-3H3,(H2,17,20). The average molecular weight is 281 g/mol. The first-order valence-corrected chi connectivity index (χ1v) is 6.97. The van der Waals surface area contributed by atoms with Crippen molar-refractivity contribution in [2.75, 3.05) is 24.5 Å². The van der Waals surface area contributed by atoms with Gasteiger partial charge in [-0.25, -0.2) is 4.39 Å². The van der Waals surface area contributed by atoms with E-state index in [1.54, 1.807) is 11.0 Å². The summed E-state index contributed by atoms with van der Waals surface area (Å²) in [6.07, 6.45) is 0. The number of nitrogens with one attached hydrogen (secondary N) is 1. The largest absolute Gasteiger partial charge is 0.368 e. The Balaban J connectivity index is 2.93. The molecule has 0 saturated carbocycles. The van der Waals surface area contributed by atoms with E-state index >= 15 is 0 Å². The smallest absolute Gasteiger partial charge is 0.236 e. The number of nitrogens with two attached hydrogens (primary N) is 1. The highest BCUT2D eigenvalue weighted by atomic mass is 19.1. The molecule has 0 spiro atoms. The predicted octanol–water partition coefficient (Wildman–Crippen LogP) is 1.88. The molecule has 0 saturated heterocycles. The molecule has 3 N–H and O–H groups in total. The average Bonchev–Trinajstić information content (AvgIpc) is 2.37. The van der Waals surface area contributed by atoms with E-state index in [2.05, 4.69) is 19.2 Å². The molecule has 0 heterocycles. The molecule has 0 atom stereocenters. The molecule has 20 heavy (non-hydrogen) atoms. The van der Waals surface area contributed by atoms with Crippen molar-refractivity contribution in [3.8, 4) is 0 Å². The summed E-state index contributed by atoms with van der Waals surface area (Å²) >= 11 is 0. The second-order valence-electron chi connectivity index (χ2n) is 5.24. The van der Waals surface area contributed by atoms with E-state index in [9.17, 15) is 9.18 Å². The number of likely N-dealkylation sites (N-methyl/N-ethyl adjacent to an activating group) is 1. The molecule has 0 bridgehead atoms. The number of rotatable bonds is 8. The van der Waals surface area contributed by atoms with Crippen LogP contribution in [-0.4, -0.2) is 25.5 Å². The lowest BCUT2D eigenvalue weighted by Crippen LogP contribution is -2.35. The molecule has 0 aliphatic carbocycles. The summed E-state index contributed by atoms with van der Waals surface area (Å²) in [6.45, 7) is 8.06. The van der Waals surface area contributed by atoms with Gasteiger partial charge in [0.05, 0.1) is 6.54 Å². The van der Waals surface area contributed by atoms with Crippen LogP contribution < -0.4 is 16.0 Å². The van der Waals surface area contributed by atoms with Gasteiger partial charge >= 0.3 is 0 Å². The number of anilines is 1. The van der Waals surface area contributed by atoms with Crippen molar-refractivity contribution in [3.63, 3.8) is 0 Å². The SMILES string of the molecule is CCN(CC(N)=O)c1cccc(F)c1CNCC(C)C. The minimum Gasteiger partial charge on any atom is -0.368 e. The topological polar surface area (TPSA) is 58.4 Å². The molecule has 1 aromatic carbocycles. The lowest BCUT2D eigenvalue weighted by molar-refractivity contribution is -0.116. The molecule has 0 aliphatic rings. The van der Waals surface area contributed by atoms with Gasteiger partial charge in [0.25, 0.3) is 0 Å². The Morgan fingerprint density at radius 3 is 2.70 bits per heavy atom. The van der Waals surface area contributed by atoms with Crippen molar-refractivity contribution in [1.29, 1.82) is 0 Å². The maximum absolute atomic E-state index is 14.0. The summed E-state index contributed by atoms with van der Waals surface area (Å²) in [4.78, 5) is 12.9. The summed E-state index contributed by atoms with van der Waals surface area (Å²) in [7, 11) is 0. The van der Waals surface area contributed by atoms with E-state index in [0.717, 1.165) is 12.2 Å². The van der Waals surface area contributed by atoms with E-state index < -0.39 is 5.91 Å². The third kappa shape index (κ3) is 4.81. The van der Waals surface area contributed by atoms with Gasteiger partial charge in [-0.05, 0) is 31.5 Å². The third-order valence-corrected chi connectivity index (χ3v) is 3.02. The molecule has 0 unspecified atom stereocenters. The van der Waals surface area contributed by atoms with E-state index in [4.69, 9.17) is 5.73 Å². The third-order valence-electron chi connectivity index (χ3n) is 3.02. The Morgan fingerprint density at radius 1 is 1.45 bits per heavy atom. The number of carbonyl (C=O) groups is 1. The predicted molar refractivity (Wildman–Crippen MR) is 80.0 cm³/mol. The van der Waals surface area contributed by atoms with Crippen LogP contribution >= 0.6 is 0 Å². The number of amides is 1. The zero-order valence-corrected chi connectivity index (χ0v) is 12.4. The molecule has 1 amide bonds. The lowest BCUT2D eigenvalue weighted by atomic mass is 10.1. The zero-order chi connectivity index (χ0) is 15.1. The molecule has 5 heteroatoms. The van der Waals surface area contributed by atoms with Crippen LogP contribution in [0.4, 0.5) is 10.1 Å². The first kappa shape index (κ1) is 16.4. The van der Waals surface area contributed by atoms with Gasteiger partial charge in [-0.15, -0.1) is 0 Å². The number of benzene rings is 1. The highest BCUT2D eigenvalue weighted by Crippen LogP contribution is 2.23. The van der Waals surface area contributed by atoms with Gasteiger partial charge in [0.2, 0.25) is 5.91 Å². The van der Waals surface area contributed by atoms with Gasteiger partial charge in [-0.1, -0.05) is 19.9 Å².